The molecule has 2 rings (SSSR count). The molecular weight excluding hydrogens is 244 g/mol. The van der Waals surface area contributed by atoms with Crippen molar-refractivity contribution in [2.24, 2.45) is 0 Å². The molecule has 1 fully saturated rings. The van der Waals surface area contributed by atoms with E-state index in [-0.39, 0.29) is 24.7 Å². The molecule has 0 bridgehead atoms. The van der Waals surface area contributed by atoms with Crippen molar-refractivity contribution in [2.75, 3.05) is 18.8 Å². The van der Waals surface area contributed by atoms with Crippen LogP contribution >= 0.6 is 0 Å². The Hall–Kier alpha value is -1.37. The molecule has 2 heterocycles. The predicted octanol–water partition coefficient (Wildman–Crippen LogP) is 0.242. The van der Waals surface area contributed by atoms with Gasteiger partial charge in [-0.2, -0.15) is 0 Å². The Balaban J connectivity index is 2.02. The van der Waals surface area contributed by atoms with E-state index >= 15 is 0 Å². The summed E-state index contributed by atoms with van der Waals surface area (Å²) in [4.78, 5) is 13.4. The van der Waals surface area contributed by atoms with E-state index in [1.165, 1.54) is 11.1 Å². The van der Waals surface area contributed by atoms with Crippen LogP contribution in [0, 0.1) is 6.92 Å². The number of hydrogen-bond acceptors (Lipinski definition) is 5. The van der Waals surface area contributed by atoms with Gasteiger partial charge in [0.25, 0.3) is 5.91 Å². The van der Waals surface area contributed by atoms with Crippen molar-refractivity contribution in [1.29, 1.82) is 0 Å². The van der Waals surface area contributed by atoms with E-state index in [1.54, 1.807) is 13.8 Å². The third-order valence-corrected chi connectivity index (χ3v) is 5.15. The first-order chi connectivity index (χ1) is 7.95. The molecule has 6 nitrogen and oxygen atoms in total. The largest absolute Gasteiger partial charge is 0.361 e. The third kappa shape index (κ3) is 2.06. The number of carbonyl (C=O) groups excluding carboxylic acids is 1. The smallest absolute Gasteiger partial charge is 0.259 e. The second kappa shape index (κ2) is 4.14. The number of aromatic nitrogens is 1. The van der Waals surface area contributed by atoms with Crippen LogP contribution in [0.1, 0.15) is 23.0 Å². The number of likely N-dealkylation sites (tertiary alicyclic amines) is 1. The van der Waals surface area contributed by atoms with Crippen molar-refractivity contribution in [3.8, 4) is 0 Å². The molecule has 0 N–H and O–H groups in total. The van der Waals surface area contributed by atoms with Gasteiger partial charge in [-0.15, -0.1) is 0 Å². The number of rotatable bonds is 3. The Labute approximate surface area is 99.5 Å². The number of nitrogens with zero attached hydrogens (tertiary/aromatic N) is 2. The summed E-state index contributed by atoms with van der Waals surface area (Å²) < 4.78 is 27.9. The van der Waals surface area contributed by atoms with E-state index in [1.807, 2.05) is 0 Å². The molecule has 0 aliphatic carbocycles. The molecule has 1 aromatic heterocycles. The van der Waals surface area contributed by atoms with Crippen molar-refractivity contribution in [3.05, 3.63) is 17.5 Å². The van der Waals surface area contributed by atoms with E-state index in [2.05, 4.69) is 5.16 Å². The fraction of sp³-hybridized carbons (Fsp3) is 0.600. The van der Waals surface area contributed by atoms with Crippen LogP contribution in [0.25, 0.3) is 0 Å². The summed E-state index contributed by atoms with van der Waals surface area (Å²) >= 11 is 0. The normalized spacial score (nSPS) is 16.9. The molecule has 0 spiro atoms. The fourth-order valence-corrected chi connectivity index (χ4v) is 3.03. The van der Waals surface area contributed by atoms with Crippen molar-refractivity contribution in [1.82, 2.24) is 10.1 Å². The van der Waals surface area contributed by atoms with Crippen LogP contribution in [0.4, 0.5) is 0 Å². The molecule has 1 aliphatic rings. The molecule has 0 atom stereocenters. The van der Waals surface area contributed by atoms with Gasteiger partial charge in [0, 0.05) is 18.8 Å². The zero-order valence-electron chi connectivity index (χ0n) is 9.71. The lowest BCUT2D eigenvalue weighted by molar-refractivity contribution is 0.0657. The van der Waals surface area contributed by atoms with Gasteiger partial charge >= 0.3 is 0 Å². The van der Waals surface area contributed by atoms with Crippen molar-refractivity contribution in [3.63, 3.8) is 0 Å². The van der Waals surface area contributed by atoms with Crippen LogP contribution in [0.3, 0.4) is 0 Å². The second-order valence-electron chi connectivity index (χ2n) is 4.08. The lowest BCUT2D eigenvalue weighted by atomic mass is 10.1. The van der Waals surface area contributed by atoms with Crippen molar-refractivity contribution < 1.29 is 17.7 Å². The molecular formula is C10H14N2O4S. The average molecular weight is 258 g/mol. The van der Waals surface area contributed by atoms with Crippen LogP contribution in [0.15, 0.2) is 10.7 Å². The second-order valence-corrected chi connectivity index (χ2v) is 6.65. The first-order valence-corrected chi connectivity index (χ1v) is 7.09. The predicted molar refractivity (Wildman–Crippen MR) is 60.4 cm³/mol. The summed E-state index contributed by atoms with van der Waals surface area (Å²) in [5.41, 5.74) is 0.400. The van der Waals surface area contributed by atoms with Gasteiger partial charge in [-0.05, 0) is 6.92 Å². The molecule has 17 heavy (non-hydrogen) atoms. The Morgan fingerprint density at radius 2 is 2.24 bits per heavy atom. The maximum atomic E-state index is 11.9. The maximum absolute atomic E-state index is 11.9. The summed E-state index contributed by atoms with van der Waals surface area (Å²) in [6, 6.07) is 0. The molecule has 0 saturated carbocycles. The van der Waals surface area contributed by atoms with Gasteiger partial charge in [-0.25, -0.2) is 8.42 Å². The van der Waals surface area contributed by atoms with E-state index in [0.717, 1.165) is 0 Å². The van der Waals surface area contributed by atoms with Crippen LogP contribution in [-0.4, -0.2) is 48.5 Å². The van der Waals surface area contributed by atoms with Gasteiger partial charge in [0.2, 0.25) is 0 Å². The highest BCUT2D eigenvalue weighted by Crippen LogP contribution is 2.20. The topological polar surface area (TPSA) is 80.5 Å². The van der Waals surface area contributed by atoms with Gasteiger partial charge in [0.15, 0.2) is 9.84 Å². The highest BCUT2D eigenvalue weighted by atomic mass is 32.2. The van der Waals surface area contributed by atoms with E-state index in [9.17, 15) is 13.2 Å². The number of sulfone groups is 1. The van der Waals surface area contributed by atoms with Gasteiger partial charge < -0.3 is 9.42 Å². The number of aryl methyl sites for hydroxylation is 1. The lowest BCUT2D eigenvalue weighted by Gasteiger charge is -2.38. The Bertz CT molecular complexity index is 528. The zero-order chi connectivity index (χ0) is 12.6. The molecule has 1 aliphatic heterocycles. The minimum absolute atomic E-state index is 0.117. The van der Waals surface area contributed by atoms with Crippen LogP contribution < -0.4 is 0 Å². The molecule has 1 saturated heterocycles. The molecule has 1 amide bonds. The van der Waals surface area contributed by atoms with Crippen LogP contribution in [0.5, 0.6) is 0 Å². The summed E-state index contributed by atoms with van der Waals surface area (Å²) in [5.74, 6) is 0.356. The van der Waals surface area contributed by atoms with Gasteiger partial charge in [0.05, 0.1) is 11.4 Å². The van der Waals surface area contributed by atoms with E-state index in [4.69, 9.17) is 4.52 Å². The minimum Gasteiger partial charge on any atom is -0.361 e. The average Bonchev–Trinajstić information content (AvgIpc) is 2.61. The van der Waals surface area contributed by atoms with Crippen LogP contribution in [0.2, 0.25) is 0 Å². The summed E-state index contributed by atoms with van der Waals surface area (Å²) in [7, 11) is -3.04. The fourth-order valence-electron chi connectivity index (χ4n) is 1.74. The molecule has 0 radical (unpaired) electrons. The summed E-state index contributed by atoms with van der Waals surface area (Å²) in [5, 5.41) is 3.11. The van der Waals surface area contributed by atoms with E-state index in [0.29, 0.717) is 11.3 Å². The van der Waals surface area contributed by atoms with Crippen molar-refractivity contribution in [2.45, 2.75) is 19.1 Å². The number of carbonyl (C=O) groups is 1. The highest BCUT2D eigenvalue weighted by Gasteiger charge is 2.39. The number of hydrogen-bond donors (Lipinski definition) is 0. The summed E-state index contributed by atoms with van der Waals surface area (Å²) in [6.07, 6.45) is 1.36. The van der Waals surface area contributed by atoms with Gasteiger partial charge in [0.1, 0.15) is 11.3 Å². The minimum atomic E-state index is -3.04. The highest BCUT2D eigenvalue weighted by molar-refractivity contribution is 7.92. The molecule has 94 valence electrons. The Morgan fingerprint density at radius 3 is 2.71 bits per heavy atom. The maximum Gasteiger partial charge on any atom is 0.259 e. The molecule has 0 unspecified atom stereocenters. The Kier molecular flexibility index (Phi) is 2.94. The third-order valence-electron chi connectivity index (χ3n) is 3.03. The van der Waals surface area contributed by atoms with E-state index < -0.39 is 15.1 Å². The summed E-state index contributed by atoms with van der Waals surface area (Å²) in [6.45, 7) is 3.80. The van der Waals surface area contributed by atoms with Gasteiger partial charge in [-0.1, -0.05) is 12.1 Å². The lowest BCUT2D eigenvalue weighted by Crippen LogP contribution is -2.57. The SMILES string of the molecule is CCS(=O)(=O)C1CN(C(=O)c2cnoc2C)C1. The molecule has 0 aromatic carbocycles. The standard InChI is InChI=1S/C10H14N2O4S/c1-3-17(14,15)8-5-12(6-8)10(13)9-4-11-16-7(9)2/h4,8H,3,5-6H2,1-2H3. The first-order valence-electron chi connectivity index (χ1n) is 5.38. The Morgan fingerprint density at radius 1 is 1.59 bits per heavy atom. The first kappa shape index (κ1) is 12.1. The molecule has 1 aromatic rings. The zero-order valence-corrected chi connectivity index (χ0v) is 10.5. The van der Waals surface area contributed by atoms with Crippen LogP contribution in [-0.2, 0) is 9.84 Å². The van der Waals surface area contributed by atoms with Crippen molar-refractivity contribution >= 4 is 15.7 Å². The number of amides is 1. The van der Waals surface area contributed by atoms with Gasteiger partial charge in [-0.3, -0.25) is 4.79 Å². The monoisotopic (exact) mass is 258 g/mol. The molecule has 7 heteroatoms. The quantitative estimate of drug-likeness (QED) is 0.776.